The zero-order valence-corrected chi connectivity index (χ0v) is 12.0. The van der Waals surface area contributed by atoms with Crippen LogP contribution in [0.5, 0.6) is 0 Å². The molecule has 0 saturated heterocycles. The maximum atomic E-state index is 11.5. The van der Waals surface area contributed by atoms with Crippen molar-refractivity contribution in [3.63, 3.8) is 0 Å². The lowest BCUT2D eigenvalue weighted by Crippen LogP contribution is -2.33. The molecule has 1 rings (SSSR count). The third-order valence-corrected chi connectivity index (χ3v) is 3.83. The Bertz CT molecular complexity index is 396. The van der Waals surface area contributed by atoms with Crippen molar-refractivity contribution in [2.75, 3.05) is 12.8 Å². The Labute approximate surface area is 106 Å². The first-order valence-corrected chi connectivity index (χ1v) is 6.92. The summed E-state index contributed by atoms with van der Waals surface area (Å²) in [5, 5.41) is 10.6. The molecule has 1 aromatic heterocycles. The van der Waals surface area contributed by atoms with E-state index in [0.29, 0.717) is 12.0 Å². The number of aromatic nitrogens is 3. The second-order valence-electron chi connectivity index (χ2n) is 4.73. The summed E-state index contributed by atoms with van der Waals surface area (Å²) >= 11 is 1.62. The fourth-order valence-electron chi connectivity index (χ4n) is 1.62. The Kier molecular flexibility index (Phi) is 5.27. The van der Waals surface area contributed by atoms with Crippen LogP contribution in [0.2, 0.25) is 0 Å². The molecule has 0 amide bonds. The Hall–Kier alpha value is -0.750. The molecule has 1 unspecified atom stereocenters. The van der Waals surface area contributed by atoms with Gasteiger partial charge in [-0.2, -0.15) is 0 Å². The highest BCUT2D eigenvalue weighted by Crippen LogP contribution is 2.19. The molecule has 1 atom stereocenters. The zero-order chi connectivity index (χ0) is 13.0. The molecule has 0 fully saturated rings. The van der Waals surface area contributed by atoms with Crippen LogP contribution in [0.3, 0.4) is 0 Å². The van der Waals surface area contributed by atoms with Crippen LogP contribution in [-0.4, -0.2) is 33.6 Å². The predicted octanol–water partition coefficient (Wildman–Crippen LogP) is 1.49. The first-order valence-electron chi connectivity index (χ1n) is 5.94. The zero-order valence-electron chi connectivity index (χ0n) is 11.2. The number of H-pyrrole nitrogens is 1. The van der Waals surface area contributed by atoms with Gasteiger partial charge in [0.15, 0.2) is 5.16 Å². The van der Waals surface area contributed by atoms with Gasteiger partial charge in [-0.05, 0) is 26.8 Å². The molecule has 0 saturated carbocycles. The van der Waals surface area contributed by atoms with E-state index in [9.17, 15) is 4.79 Å². The summed E-state index contributed by atoms with van der Waals surface area (Å²) in [4.78, 5) is 11.5. The SMILES string of the molecule is CNC(CSc1n[nH]c(=O)n1C(C)C)C(C)C. The molecular formula is C11H22N4OS. The molecule has 6 heteroatoms. The van der Waals surface area contributed by atoms with Crippen LogP contribution in [0, 0.1) is 5.92 Å². The van der Waals surface area contributed by atoms with Crippen LogP contribution in [0.4, 0.5) is 0 Å². The highest BCUT2D eigenvalue weighted by Gasteiger charge is 2.16. The van der Waals surface area contributed by atoms with E-state index in [2.05, 4.69) is 29.4 Å². The monoisotopic (exact) mass is 258 g/mol. The van der Waals surface area contributed by atoms with E-state index in [0.717, 1.165) is 10.9 Å². The highest BCUT2D eigenvalue weighted by molar-refractivity contribution is 7.99. The van der Waals surface area contributed by atoms with Crippen molar-refractivity contribution in [3.8, 4) is 0 Å². The fourth-order valence-corrected chi connectivity index (χ4v) is 3.04. The van der Waals surface area contributed by atoms with Gasteiger partial charge < -0.3 is 5.32 Å². The number of nitrogens with one attached hydrogen (secondary N) is 2. The summed E-state index contributed by atoms with van der Waals surface area (Å²) in [5.74, 6) is 1.47. The number of aromatic amines is 1. The Balaban J connectivity index is 2.72. The summed E-state index contributed by atoms with van der Waals surface area (Å²) in [7, 11) is 1.96. The van der Waals surface area contributed by atoms with Gasteiger partial charge in [-0.1, -0.05) is 25.6 Å². The van der Waals surface area contributed by atoms with Crippen LogP contribution in [-0.2, 0) is 0 Å². The molecule has 0 aliphatic carbocycles. The van der Waals surface area contributed by atoms with Crippen LogP contribution in [0.1, 0.15) is 33.7 Å². The average molecular weight is 258 g/mol. The molecule has 98 valence electrons. The summed E-state index contributed by atoms with van der Waals surface area (Å²) in [6.07, 6.45) is 0. The molecule has 0 bridgehead atoms. The summed E-state index contributed by atoms with van der Waals surface area (Å²) in [6, 6.07) is 0.559. The van der Waals surface area contributed by atoms with Crippen molar-refractivity contribution < 1.29 is 0 Å². The Morgan fingerprint density at radius 3 is 2.53 bits per heavy atom. The van der Waals surface area contributed by atoms with Gasteiger partial charge in [-0.3, -0.25) is 4.57 Å². The van der Waals surface area contributed by atoms with E-state index in [4.69, 9.17) is 0 Å². The van der Waals surface area contributed by atoms with Crippen molar-refractivity contribution in [3.05, 3.63) is 10.5 Å². The van der Waals surface area contributed by atoms with Gasteiger partial charge in [0.25, 0.3) is 0 Å². The minimum atomic E-state index is -0.131. The molecule has 17 heavy (non-hydrogen) atoms. The smallest absolute Gasteiger partial charge is 0.316 e. The number of rotatable bonds is 6. The minimum absolute atomic E-state index is 0.131. The van der Waals surface area contributed by atoms with Gasteiger partial charge in [0, 0.05) is 17.8 Å². The van der Waals surface area contributed by atoms with Crippen molar-refractivity contribution in [2.45, 2.75) is 44.9 Å². The normalized spacial score (nSPS) is 13.6. The minimum Gasteiger partial charge on any atom is -0.316 e. The van der Waals surface area contributed by atoms with Crippen LogP contribution < -0.4 is 11.0 Å². The van der Waals surface area contributed by atoms with E-state index >= 15 is 0 Å². The topological polar surface area (TPSA) is 62.7 Å². The predicted molar refractivity (Wildman–Crippen MR) is 71.6 cm³/mol. The molecule has 2 N–H and O–H groups in total. The van der Waals surface area contributed by atoms with Crippen molar-refractivity contribution in [1.29, 1.82) is 0 Å². The lowest BCUT2D eigenvalue weighted by molar-refractivity contribution is 0.464. The van der Waals surface area contributed by atoms with Crippen LogP contribution in [0.15, 0.2) is 9.95 Å². The first-order chi connectivity index (χ1) is 7.97. The maximum Gasteiger partial charge on any atom is 0.344 e. The highest BCUT2D eigenvalue weighted by atomic mass is 32.2. The van der Waals surface area contributed by atoms with Gasteiger partial charge in [-0.15, -0.1) is 5.10 Å². The largest absolute Gasteiger partial charge is 0.344 e. The van der Waals surface area contributed by atoms with Gasteiger partial charge in [-0.25, -0.2) is 9.89 Å². The number of hydrogen-bond donors (Lipinski definition) is 2. The van der Waals surface area contributed by atoms with E-state index in [-0.39, 0.29) is 11.7 Å². The maximum absolute atomic E-state index is 11.5. The van der Waals surface area contributed by atoms with Crippen LogP contribution >= 0.6 is 11.8 Å². The summed E-state index contributed by atoms with van der Waals surface area (Å²) < 4.78 is 1.69. The van der Waals surface area contributed by atoms with E-state index in [1.807, 2.05) is 20.9 Å². The van der Waals surface area contributed by atoms with Gasteiger partial charge in [0.2, 0.25) is 0 Å². The third kappa shape index (κ3) is 3.61. The van der Waals surface area contributed by atoms with Crippen molar-refractivity contribution >= 4 is 11.8 Å². The quantitative estimate of drug-likeness (QED) is 0.759. The number of nitrogens with zero attached hydrogens (tertiary/aromatic N) is 2. The Morgan fingerprint density at radius 1 is 1.41 bits per heavy atom. The van der Waals surface area contributed by atoms with E-state index in [1.165, 1.54) is 0 Å². The molecule has 0 aromatic carbocycles. The first kappa shape index (κ1) is 14.3. The lowest BCUT2D eigenvalue weighted by atomic mass is 10.1. The number of thioether (sulfide) groups is 1. The fraction of sp³-hybridized carbons (Fsp3) is 0.818. The summed E-state index contributed by atoms with van der Waals surface area (Å²) in [6.45, 7) is 8.33. The molecule has 0 aliphatic rings. The average Bonchev–Trinajstić information content (AvgIpc) is 2.60. The molecule has 0 spiro atoms. The van der Waals surface area contributed by atoms with Gasteiger partial charge in [0.1, 0.15) is 0 Å². The summed E-state index contributed by atoms with van der Waals surface area (Å²) in [5.41, 5.74) is -0.131. The molecular weight excluding hydrogens is 236 g/mol. The standard InChI is InChI=1S/C11H22N4OS/c1-7(2)9(12-5)6-17-11-14-13-10(16)15(11)8(3)4/h7-9,12H,6H2,1-5H3,(H,13,16). The lowest BCUT2D eigenvalue weighted by Gasteiger charge is -2.19. The number of hydrogen-bond acceptors (Lipinski definition) is 4. The van der Waals surface area contributed by atoms with E-state index < -0.39 is 0 Å². The molecule has 1 aromatic rings. The second kappa shape index (κ2) is 6.26. The van der Waals surface area contributed by atoms with Gasteiger partial charge in [0.05, 0.1) is 0 Å². The Morgan fingerprint density at radius 2 is 2.06 bits per heavy atom. The molecule has 5 nitrogen and oxygen atoms in total. The van der Waals surface area contributed by atoms with E-state index in [1.54, 1.807) is 16.3 Å². The molecule has 1 heterocycles. The second-order valence-corrected chi connectivity index (χ2v) is 5.71. The van der Waals surface area contributed by atoms with Crippen molar-refractivity contribution in [1.82, 2.24) is 20.1 Å². The van der Waals surface area contributed by atoms with Gasteiger partial charge >= 0.3 is 5.69 Å². The van der Waals surface area contributed by atoms with Crippen molar-refractivity contribution in [2.24, 2.45) is 5.92 Å². The molecule has 0 aliphatic heterocycles. The third-order valence-electron chi connectivity index (χ3n) is 2.76. The molecule has 0 radical (unpaired) electrons. The van der Waals surface area contributed by atoms with Crippen LogP contribution in [0.25, 0.3) is 0 Å².